The first-order valence-electron chi connectivity index (χ1n) is 7.71. The summed E-state index contributed by atoms with van der Waals surface area (Å²) in [6, 6.07) is 16.3. The van der Waals surface area contributed by atoms with Gasteiger partial charge in [-0.2, -0.15) is 5.10 Å². The van der Waals surface area contributed by atoms with Gasteiger partial charge in [0.15, 0.2) is 0 Å². The van der Waals surface area contributed by atoms with Crippen molar-refractivity contribution in [3.63, 3.8) is 0 Å². The average Bonchev–Trinajstić information content (AvgIpc) is 3.36. The molecule has 26 heavy (non-hydrogen) atoms. The summed E-state index contributed by atoms with van der Waals surface area (Å²) in [5.41, 5.74) is 3.05. The van der Waals surface area contributed by atoms with E-state index in [2.05, 4.69) is 15.8 Å². The number of carbonyl (C=O) groups is 2. The molecule has 2 amide bonds. The normalized spacial score (nSPS) is 11.5. The van der Waals surface area contributed by atoms with E-state index in [0.29, 0.717) is 5.56 Å². The maximum Gasteiger partial charge on any atom is 0.287 e. The van der Waals surface area contributed by atoms with Crippen LogP contribution in [0.3, 0.4) is 0 Å². The van der Waals surface area contributed by atoms with Crippen LogP contribution < -0.4 is 10.7 Å². The molecule has 5 nitrogen and oxygen atoms in total. The standard InChI is InChI=1S/C19H15N3O2S2/c23-18(14-6-2-1-3-7-14)21-17(12-15-8-4-10-25-15)19(24)22-20-13-16-9-5-11-26-16/h1-13H,(H,21,23)(H,22,24)/b17-12-,20-13-. The van der Waals surface area contributed by atoms with Gasteiger partial charge in [-0.15, -0.1) is 22.7 Å². The predicted molar refractivity (Wildman–Crippen MR) is 106 cm³/mol. The van der Waals surface area contributed by atoms with E-state index in [4.69, 9.17) is 0 Å². The zero-order valence-electron chi connectivity index (χ0n) is 13.6. The molecule has 2 aromatic heterocycles. The Labute approximate surface area is 158 Å². The zero-order chi connectivity index (χ0) is 18.2. The fraction of sp³-hybridized carbons (Fsp3) is 0. The number of hydrogen-bond acceptors (Lipinski definition) is 5. The van der Waals surface area contributed by atoms with Crippen molar-refractivity contribution in [2.45, 2.75) is 0 Å². The van der Waals surface area contributed by atoms with E-state index in [9.17, 15) is 9.59 Å². The number of amides is 2. The highest BCUT2D eigenvalue weighted by Crippen LogP contribution is 2.13. The second-order valence-corrected chi connectivity index (χ2v) is 7.07. The highest BCUT2D eigenvalue weighted by atomic mass is 32.1. The van der Waals surface area contributed by atoms with Gasteiger partial charge in [0.1, 0.15) is 5.70 Å². The second kappa shape index (κ2) is 8.89. The van der Waals surface area contributed by atoms with Gasteiger partial charge in [0.2, 0.25) is 0 Å². The van der Waals surface area contributed by atoms with Crippen molar-refractivity contribution in [3.8, 4) is 0 Å². The average molecular weight is 381 g/mol. The van der Waals surface area contributed by atoms with Gasteiger partial charge in [-0.05, 0) is 41.1 Å². The summed E-state index contributed by atoms with van der Waals surface area (Å²) in [6.07, 6.45) is 3.19. The van der Waals surface area contributed by atoms with Crippen molar-refractivity contribution in [2.24, 2.45) is 5.10 Å². The molecule has 3 rings (SSSR count). The lowest BCUT2D eigenvalue weighted by Gasteiger charge is -2.08. The molecular weight excluding hydrogens is 366 g/mol. The number of nitrogens with one attached hydrogen (secondary N) is 2. The first-order valence-corrected chi connectivity index (χ1v) is 9.47. The van der Waals surface area contributed by atoms with Crippen molar-refractivity contribution < 1.29 is 9.59 Å². The Morgan fingerprint density at radius 1 is 0.885 bits per heavy atom. The minimum absolute atomic E-state index is 0.129. The molecule has 7 heteroatoms. The van der Waals surface area contributed by atoms with E-state index >= 15 is 0 Å². The summed E-state index contributed by atoms with van der Waals surface area (Å²) in [6.45, 7) is 0. The van der Waals surface area contributed by atoms with Crippen molar-refractivity contribution in [2.75, 3.05) is 0 Å². The van der Waals surface area contributed by atoms with E-state index < -0.39 is 5.91 Å². The first kappa shape index (κ1) is 17.8. The number of rotatable bonds is 6. The molecule has 2 heterocycles. The lowest BCUT2D eigenvalue weighted by atomic mass is 10.2. The van der Waals surface area contributed by atoms with Crippen LogP contribution in [0.5, 0.6) is 0 Å². The lowest BCUT2D eigenvalue weighted by molar-refractivity contribution is -0.117. The number of hydrogen-bond donors (Lipinski definition) is 2. The zero-order valence-corrected chi connectivity index (χ0v) is 15.2. The maximum atomic E-state index is 12.5. The topological polar surface area (TPSA) is 70.6 Å². The third kappa shape index (κ3) is 4.98. The summed E-state index contributed by atoms with van der Waals surface area (Å²) in [5, 5.41) is 10.4. The number of thiophene rings is 2. The third-order valence-electron chi connectivity index (χ3n) is 3.26. The Bertz CT molecular complexity index is 915. The first-order chi connectivity index (χ1) is 12.7. The summed E-state index contributed by atoms with van der Waals surface area (Å²) in [7, 11) is 0. The molecule has 0 saturated carbocycles. The molecular formula is C19H15N3O2S2. The third-order valence-corrected chi connectivity index (χ3v) is 4.89. The molecule has 0 saturated heterocycles. The summed E-state index contributed by atoms with van der Waals surface area (Å²) < 4.78 is 0. The second-order valence-electron chi connectivity index (χ2n) is 5.11. The molecule has 0 aliphatic rings. The Balaban J connectivity index is 1.75. The molecule has 1 aromatic carbocycles. The van der Waals surface area contributed by atoms with E-state index in [0.717, 1.165) is 9.75 Å². The molecule has 3 aromatic rings. The number of benzene rings is 1. The molecule has 0 radical (unpaired) electrons. The van der Waals surface area contributed by atoms with Crippen molar-refractivity contribution >= 4 is 46.8 Å². The minimum Gasteiger partial charge on any atom is -0.317 e. The Kier molecular flexibility index (Phi) is 6.08. The highest BCUT2D eigenvalue weighted by molar-refractivity contribution is 7.11. The van der Waals surface area contributed by atoms with Gasteiger partial charge < -0.3 is 5.32 Å². The van der Waals surface area contributed by atoms with E-state index in [1.165, 1.54) is 22.7 Å². The van der Waals surface area contributed by atoms with Gasteiger partial charge in [0.05, 0.1) is 6.21 Å². The van der Waals surface area contributed by atoms with Crippen LogP contribution in [0.4, 0.5) is 0 Å². The molecule has 0 aliphatic carbocycles. The maximum absolute atomic E-state index is 12.5. The fourth-order valence-corrected chi connectivity index (χ4v) is 3.28. The molecule has 130 valence electrons. The van der Waals surface area contributed by atoms with Gasteiger partial charge in [0.25, 0.3) is 11.8 Å². The van der Waals surface area contributed by atoms with Crippen LogP contribution in [0.1, 0.15) is 20.1 Å². The molecule has 0 atom stereocenters. The fourth-order valence-electron chi connectivity index (χ4n) is 2.04. The smallest absolute Gasteiger partial charge is 0.287 e. The lowest BCUT2D eigenvalue weighted by Crippen LogP contribution is -2.32. The van der Waals surface area contributed by atoms with E-state index in [-0.39, 0.29) is 11.6 Å². The van der Waals surface area contributed by atoms with Gasteiger partial charge in [-0.25, -0.2) is 5.43 Å². The van der Waals surface area contributed by atoms with E-state index in [1.807, 2.05) is 41.1 Å². The van der Waals surface area contributed by atoms with Crippen LogP contribution >= 0.6 is 22.7 Å². The number of carbonyl (C=O) groups excluding carboxylic acids is 2. The van der Waals surface area contributed by atoms with Crippen molar-refractivity contribution in [3.05, 3.63) is 86.4 Å². The molecule has 0 bridgehead atoms. The quantitative estimate of drug-likeness (QED) is 0.388. The summed E-state index contributed by atoms with van der Waals surface area (Å²) in [5.74, 6) is -0.846. The van der Waals surface area contributed by atoms with Crippen molar-refractivity contribution in [1.82, 2.24) is 10.7 Å². The number of hydrazone groups is 1. The Morgan fingerprint density at radius 3 is 2.23 bits per heavy atom. The van der Waals surface area contributed by atoms with Crippen LogP contribution in [0, 0.1) is 0 Å². The highest BCUT2D eigenvalue weighted by Gasteiger charge is 2.14. The summed E-state index contributed by atoms with van der Waals surface area (Å²) >= 11 is 2.98. The van der Waals surface area contributed by atoms with Gasteiger partial charge in [0, 0.05) is 15.3 Å². The summed E-state index contributed by atoms with van der Waals surface area (Å²) in [4.78, 5) is 26.6. The SMILES string of the molecule is O=C(N/N=C\c1cccs1)/C(=C/c1cccs1)NC(=O)c1ccccc1. The number of nitrogens with zero attached hydrogens (tertiary/aromatic N) is 1. The minimum atomic E-state index is -0.490. The van der Waals surface area contributed by atoms with Crippen LogP contribution in [-0.2, 0) is 4.79 Å². The largest absolute Gasteiger partial charge is 0.317 e. The Hall–Kier alpha value is -3.03. The van der Waals surface area contributed by atoms with Crippen LogP contribution in [0.2, 0.25) is 0 Å². The van der Waals surface area contributed by atoms with Gasteiger partial charge in [-0.1, -0.05) is 30.3 Å². The van der Waals surface area contributed by atoms with Crippen LogP contribution in [-0.4, -0.2) is 18.0 Å². The molecule has 0 unspecified atom stereocenters. The predicted octanol–water partition coefficient (Wildman–Crippen LogP) is 3.73. The molecule has 0 fully saturated rings. The molecule has 0 aliphatic heterocycles. The molecule has 2 N–H and O–H groups in total. The van der Waals surface area contributed by atoms with Crippen molar-refractivity contribution in [1.29, 1.82) is 0 Å². The molecule has 0 spiro atoms. The van der Waals surface area contributed by atoms with Crippen LogP contribution in [0.15, 0.2) is 76.2 Å². The van der Waals surface area contributed by atoms with Crippen LogP contribution in [0.25, 0.3) is 6.08 Å². The monoisotopic (exact) mass is 381 g/mol. The van der Waals surface area contributed by atoms with Gasteiger partial charge in [-0.3, -0.25) is 9.59 Å². The van der Waals surface area contributed by atoms with Gasteiger partial charge >= 0.3 is 0 Å². The van der Waals surface area contributed by atoms with E-state index in [1.54, 1.807) is 36.6 Å². The Morgan fingerprint density at radius 2 is 1.58 bits per heavy atom.